The second kappa shape index (κ2) is 36.3. The molecule has 0 unspecified atom stereocenters. The predicted molar refractivity (Wildman–Crippen MR) is 179 cm³/mol. The number of carboxylic acids is 1. The number of carbonyl (C=O) groups excluding carboxylic acids is 7. The van der Waals surface area contributed by atoms with Crippen molar-refractivity contribution < 1.29 is 91.9 Å². The molecule has 0 radical (unpaired) electrons. The van der Waals surface area contributed by atoms with Crippen LogP contribution >= 0.6 is 0 Å². The minimum absolute atomic E-state index is 0.0694. The molecule has 0 saturated carbocycles. The van der Waals surface area contributed by atoms with Gasteiger partial charge in [-0.1, -0.05) is 0 Å². The average molecular weight is 765 g/mol. The summed E-state index contributed by atoms with van der Waals surface area (Å²) >= 11 is 0. The van der Waals surface area contributed by atoms with Crippen LogP contribution in [-0.4, -0.2) is 185 Å². The molecule has 0 spiro atoms. The van der Waals surface area contributed by atoms with E-state index in [1.54, 1.807) is 9.80 Å². The van der Waals surface area contributed by atoms with Gasteiger partial charge in [0.1, 0.15) is 19.8 Å². The highest BCUT2D eigenvalue weighted by Gasteiger charge is 2.10. The fourth-order valence-electron chi connectivity index (χ4n) is 2.89. The number of hydrogen-bond donors (Lipinski definition) is 4. The van der Waals surface area contributed by atoms with Crippen molar-refractivity contribution in [2.75, 3.05) is 107 Å². The van der Waals surface area contributed by atoms with Crippen LogP contribution in [0.2, 0.25) is 0 Å². The van der Waals surface area contributed by atoms with Crippen LogP contribution in [0.4, 0.5) is 0 Å². The highest BCUT2D eigenvalue weighted by Crippen LogP contribution is 1.95. The van der Waals surface area contributed by atoms with Gasteiger partial charge in [0.05, 0.1) is 48.3 Å². The fourth-order valence-corrected chi connectivity index (χ4v) is 2.89. The SMILES string of the molecule is COC(=O)/C=C/C(=O)O.COC(=O)/C=C/C(=O)OCCN(CCOC(=O)/C=C/C(=O)OC)CCOC(=O)/C=C/C(=O)OC.OCCN(CCO)CCO. The van der Waals surface area contributed by atoms with Crippen LogP contribution in [0, 0.1) is 0 Å². The predicted octanol–water partition coefficient (Wildman–Crippen LogP) is -2.83. The van der Waals surface area contributed by atoms with Crippen LogP contribution < -0.4 is 0 Å². The van der Waals surface area contributed by atoms with Gasteiger partial charge in [0, 0.05) is 87.9 Å². The topological polar surface area (TPSA) is 289 Å². The lowest BCUT2D eigenvalue weighted by Gasteiger charge is -2.21. The number of esters is 7. The third-order valence-corrected chi connectivity index (χ3v) is 5.44. The maximum absolute atomic E-state index is 11.6. The Labute approximate surface area is 305 Å². The summed E-state index contributed by atoms with van der Waals surface area (Å²) in [4.78, 5) is 91.0. The van der Waals surface area contributed by atoms with E-state index >= 15 is 0 Å². The van der Waals surface area contributed by atoms with Gasteiger partial charge in [0.15, 0.2) is 0 Å². The molecule has 300 valence electrons. The Morgan fingerprint density at radius 3 is 0.849 bits per heavy atom. The average Bonchev–Trinajstić information content (AvgIpc) is 3.14. The van der Waals surface area contributed by atoms with Gasteiger partial charge in [0.2, 0.25) is 0 Å². The third-order valence-electron chi connectivity index (χ3n) is 5.44. The van der Waals surface area contributed by atoms with E-state index < -0.39 is 47.8 Å². The molecule has 21 heteroatoms. The quantitative estimate of drug-likeness (QED) is 0.0463. The number of aliphatic hydroxyl groups excluding tert-OH is 3. The summed E-state index contributed by atoms with van der Waals surface area (Å²) in [6.45, 7) is 2.00. The molecule has 0 aromatic heterocycles. The molecule has 0 amide bonds. The van der Waals surface area contributed by atoms with Crippen molar-refractivity contribution in [1.29, 1.82) is 0 Å². The third kappa shape index (κ3) is 37.6. The Morgan fingerprint density at radius 2 is 0.623 bits per heavy atom. The van der Waals surface area contributed by atoms with Crippen molar-refractivity contribution in [3.05, 3.63) is 48.6 Å². The Bertz CT molecular complexity index is 1110. The van der Waals surface area contributed by atoms with Crippen molar-refractivity contribution in [2.24, 2.45) is 0 Å². The summed E-state index contributed by atoms with van der Waals surface area (Å²) in [6.07, 6.45) is 6.98. The van der Waals surface area contributed by atoms with Gasteiger partial charge >= 0.3 is 47.8 Å². The van der Waals surface area contributed by atoms with E-state index in [4.69, 9.17) is 34.6 Å². The molecule has 0 atom stereocenters. The van der Waals surface area contributed by atoms with Crippen LogP contribution in [0.25, 0.3) is 0 Å². The summed E-state index contributed by atoms with van der Waals surface area (Å²) in [5.74, 6) is -6.31. The number of aliphatic carboxylic acids is 1. The number of methoxy groups -OCH3 is 4. The zero-order valence-electron chi connectivity index (χ0n) is 29.9. The monoisotopic (exact) mass is 764 g/mol. The maximum atomic E-state index is 11.6. The Kier molecular flexibility index (Phi) is 35.6. The number of hydrogen-bond acceptors (Lipinski definition) is 20. The smallest absolute Gasteiger partial charge is 0.331 e. The summed E-state index contributed by atoms with van der Waals surface area (Å²) in [5, 5.41) is 33.4. The molecule has 0 rings (SSSR count). The molecular formula is C32H48N2O19. The van der Waals surface area contributed by atoms with Crippen molar-refractivity contribution in [3.63, 3.8) is 0 Å². The first kappa shape index (κ1) is 51.9. The number of nitrogens with zero attached hydrogens (tertiary/aromatic N) is 2. The highest BCUT2D eigenvalue weighted by molar-refractivity contribution is 5.93. The van der Waals surface area contributed by atoms with Gasteiger partial charge in [-0.15, -0.1) is 0 Å². The molecule has 21 nitrogen and oxygen atoms in total. The van der Waals surface area contributed by atoms with E-state index in [0.717, 1.165) is 63.9 Å². The zero-order chi connectivity index (χ0) is 40.9. The molecule has 0 aromatic rings. The maximum Gasteiger partial charge on any atom is 0.331 e. The normalized spacial score (nSPS) is 10.7. The van der Waals surface area contributed by atoms with E-state index in [0.29, 0.717) is 25.7 Å². The number of ether oxygens (including phenoxy) is 7. The second-order valence-corrected chi connectivity index (χ2v) is 9.12. The van der Waals surface area contributed by atoms with Gasteiger partial charge in [0.25, 0.3) is 0 Å². The molecule has 53 heavy (non-hydrogen) atoms. The van der Waals surface area contributed by atoms with Gasteiger partial charge in [-0.25, -0.2) is 38.4 Å². The summed E-state index contributed by atoms with van der Waals surface area (Å²) in [7, 11) is 4.65. The molecule has 4 N–H and O–H groups in total. The Morgan fingerprint density at radius 1 is 0.396 bits per heavy atom. The van der Waals surface area contributed by atoms with E-state index in [1.807, 2.05) is 0 Å². The standard InChI is InChI=1S/C21H27NO12.C6H15NO3.C5H6O4/c1-29-16(23)4-7-19(26)32-13-10-22(11-14-33-20(27)8-5-17(24)30-2)12-15-34-21(28)9-6-18(25)31-3;8-4-1-7(2-5-9)3-6-10;1-9-5(8)3-2-4(6)7/h4-9H,10-15H2,1-3H3;8-10H,1-6H2;2-3H,1H3,(H,6,7)/b7-4+,8-5+,9-6+;;3-2+. The van der Waals surface area contributed by atoms with Crippen LogP contribution in [0.3, 0.4) is 0 Å². The first-order valence-electron chi connectivity index (χ1n) is 15.3. The second-order valence-electron chi connectivity index (χ2n) is 9.12. The van der Waals surface area contributed by atoms with Crippen LogP contribution in [-0.2, 0) is 71.5 Å². The minimum Gasteiger partial charge on any atom is -0.478 e. The molecule has 0 aliphatic heterocycles. The highest BCUT2D eigenvalue weighted by atomic mass is 16.6. The van der Waals surface area contributed by atoms with Crippen molar-refractivity contribution >= 4 is 47.8 Å². The van der Waals surface area contributed by atoms with Crippen LogP contribution in [0.5, 0.6) is 0 Å². The van der Waals surface area contributed by atoms with Gasteiger partial charge in [-0.3, -0.25) is 9.80 Å². The largest absolute Gasteiger partial charge is 0.478 e. The number of carbonyl (C=O) groups is 8. The van der Waals surface area contributed by atoms with E-state index in [2.05, 4.69) is 18.9 Å². The summed E-state index contributed by atoms with van der Waals surface area (Å²) < 4.78 is 32.1. The minimum atomic E-state index is -1.17. The lowest BCUT2D eigenvalue weighted by molar-refractivity contribution is -0.141. The van der Waals surface area contributed by atoms with Gasteiger partial charge in [-0.05, 0) is 0 Å². The van der Waals surface area contributed by atoms with Crippen LogP contribution in [0.1, 0.15) is 0 Å². The Balaban J connectivity index is -0.00000106. The lowest BCUT2D eigenvalue weighted by atomic mass is 10.4. The number of carboxylic acid groups (broad SMARTS) is 1. The van der Waals surface area contributed by atoms with Crippen molar-refractivity contribution in [1.82, 2.24) is 9.80 Å². The number of rotatable bonds is 23. The van der Waals surface area contributed by atoms with Gasteiger partial charge < -0.3 is 53.6 Å². The van der Waals surface area contributed by atoms with E-state index in [9.17, 15) is 38.4 Å². The number of aliphatic hydroxyl groups is 3. The van der Waals surface area contributed by atoms with Gasteiger partial charge in [-0.2, -0.15) is 0 Å². The Hall–Kier alpha value is -5.48. The molecule has 0 aliphatic carbocycles. The zero-order valence-corrected chi connectivity index (χ0v) is 29.9. The summed E-state index contributed by atoms with van der Waals surface area (Å²) in [6, 6.07) is 0. The van der Waals surface area contributed by atoms with E-state index in [-0.39, 0.29) is 59.3 Å². The fraction of sp³-hybridized carbons (Fsp3) is 0.500. The van der Waals surface area contributed by atoms with E-state index in [1.165, 1.54) is 7.11 Å². The summed E-state index contributed by atoms with van der Waals surface area (Å²) in [5.41, 5.74) is 0. The first-order chi connectivity index (χ1) is 25.2. The molecule has 0 aliphatic rings. The van der Waals surface area contributed by atoms with Crippen molar-refractivity contribution in [3.8, 4) is 0 Å². The molecule has 0 aromatic carbocycles. The molecule has 0 fully saturated rings. The van der Waals surface area contributed by atoms with Crippen molar-refractivity contribution in [2.45, 2.75) is 0 Å². The lowest BCUT2D eigenvalue weighted by Crippen LogP contribution is -2.35. The first-order valence-corrected chi connectivity index (χ1v) is 15.3. The molecule has 0 bridgehead atoms. The van der Waals surface area contributed by atoms with Crippen LogP contribution in [0.15, 0.2) is 48.6 Å². The molecule has 0 saturated heterocycles. The molecule has 0 heterocycles. The molecular weight excluding hydrogens is 716 g/mol.